The van der Waals surface area contributed by atoms with Crippen LogP contribution in [0.5, 0.6) is 0 Å². The summed E-state index contributed by atoms with van der Waals surface area (Å²) in [5, 5.41) is 8.58. The summed E-state index contributed by atoms with van der Waals surface area (Å²) < 4.78 is 4.98. The molecule has 0 fully saturated rings. The number of nitrogens with zero attached hydrogens (tertiary/aromatic N) is 1. The van der Waals surface area contributed by atoms with Gasteiger partial charge in [0, 0.05) is 26.2 Å². The van der Waals surface area contributed by atoms with Gasteiger partial charge in [0.1, 0.15) is 0 Å². The standard InChI is InChI=1S/C10H21NO3/c1-4-9(2)11(7-8-14-3)6-5-10(12)13/h9H,4-8H2,1-3H3,(H,12,13). The Morgan fingerprint density at radius 3 is 2.57 bits per heavy atom. The lowest BCUT2D eigenvalue weighted by atomic mass is 10.2. The van der Waals surface area contributed by atoms with Gasteiger partial charge in [0.25, 0.3) is 0 Å². The summed E-state index contributed by atoms with van der Waals surface area (Å²) in [4.78, 5) is 12.6. The number of carbonyl (C=O) groups is 1. The molecule has 0 aromatic heterocycles. The predicted octanol–water partition coefficient (Wildman–Crippen LogP) is 1.21. The van der Waals surface area contributed by atoms with Crippen molar-refractivity contribution in [3.05, 3.63) is 0 Å². The Kier molecular flexibility index (Phi) is 7.42. The predicted molar refractivity (Wildman–Crippen MR) is 55.5 cm³/mol. The molecule has 1 atom stereocenters. The van der Waals surface area contributed by atoms with E-state index in [2.05, 4.69) is 18.7 Å². The Labute approximate surface area is 85.9 Å². The second-order valence-corrected chi connectivity index (χ2v) is 3.43. The molecule has 1 N–H and O–H groups in total. The number of ether oxygens (including phenoxy) is 1. The first-order valence-corrected chi connectivity index (χ1v) is 5.06. The van der Waals surface area contributed by atoms with Crippen molar-refractivity contribution in [2.24, 2.45) is 0 Å². The molecule has 0 aromatic carbocycles. The van der Waals surface area contributed by atoms with Crippen LogP contribution in [0.1, 0.15) is 26.7 Å². The van der Waals surface area contributed by atoms with E-state index in [1.807, 2.05) is 0 Å². The van der Waals surface area contributed by atoms with Gasteiger partial charge in [-0.15, -0.1) is 0 Å². The topological polar surface area (TPSA) is 49.8 Å². The van der Waals surface area contributed by atoms with Crippen molar-refractivity contribution in [3.8, 4) is 0 Å². The Bertz CT molecular complexity index is 161. The first kappa shape index (κ1) is 13.4. The first-order chi connectivity index (χ1) is 6.61. The monoisotopic (exact) mass is 203 g/mol. The van der Waals surface area contributed by atoms with Crippen LogP contribution < -0.4 is 0 Å². The average Bonchev–Trinajstić information content (AvgIpc) is 2.16. The van der Waals surface area contributed by atoms with Crippen LogP contribution in [-0.2, 0) is 9.53 Å². The molecule has 1 unspecified atom stereocenters. The molecule has 84 valence electrons. The molecule has 0 rings (SSSR count). The van der Waals surface area contributed by atoms with E-state index in [0.717, 1.165) is 13.0 Å². The summed E-state index contributed by atoms with van der Waals surface area (Å²) in [6.07, 6.45) is 1.23. The van der Waals surface area contributed by atoms with Crippen molar-refractivity contribution in [2.45, 2.75) is 32.7 Å². The smallest absolute Gasteiger partial charge is 0.304 e. The minimum atomic E-state index is -0.740. The van der Waals surface area contributed by atoms with Crippen molar-refractivity contribution < 1.29 is 14.6 Å². The van der Waals surface area contributed by atoms with E-state index in [4.69, 9.17) is 9.84 Å². The zero-order chi connectivity index (χ0) is 11.0. The molecule has 0 heterocycles. The fraction of sp³-hybridized carbons (Fsp3) is 0.900. The van der Waals surface area contributed by atoms with Crippen LogP contribution in [0.4, 0.5) is 0 Å². The molecule has 0 aliphatic rings. The number of carboxylic acids is 1. The molecular formula is C10H21NO3. The van der Waals surface area contributed by atoms with Gasteiger partial charge in [-0.2, -0.15) is 0 Å². The SMILES string of the molecule is CCC(C)N(CCOC)CCC(=O)O. The van der Waals surface area contributed by atoms with Crippen LogP contribution in [-0.4, -0.2) is 48.8 Å². The van der Waals surface area contributed by atoms with Crippen LogP contribution in [0.2, 0.25) is 0 Å². The van der Waals surface area contributed by atoms with E-state index in [0.29, 0.717) is 19.2 Å². The number of hydrogen-bond donors (Lipinski definition) is 1. The lowest BCUT2D eigenvalue weighted by molar-refractivity contribution is -0.137. The molecule has 0 saturated heterocycles. The minimum absolute atomic E-state index is 0.202. The normalized spacial score (nSPS) is 13.1. The molecule has 0 radical (unpaired) electrons. The third kappa shape index (κ3) is 5.94. The number of carboxylic acid groups (broad SMARTS) is 1. The van der Waals surface area contributed by atoms with Crippen molar-refractivity contribution in [3.63, 3.8) is 0 Å². The highest BCUT2D eigenvalue weighted by Gasteiger charge is 2.12. The quantitative estimate of drug-likeness (QED) is 0.644. The van der Waals surface area contributed by atoms with Gasteiger partial charge in [-0.1, -0.05) is 6.92 Å². The van der Waals surface area contributed by atoms with Gasteiger partial charge in [0.2, 0.25) is 0 Å². The summed E-state index contributed by atoms with van der Waals surface area (Å²) in [5.41, 5.74) is 0. The highest BCUT2D eigenvalue weighted by molar-refractivity contribution is 5.66. The zero-order valence-corrected chi connectivity index (χ0v) is 9.32. The second kappa shape index (κ2) is 7.76. The third-order valence-corrected chi connectivity index (χ3v) is 2.41. The average molecular weight is 203 g/mol. The molecule has 0 bridgehead atoms. The lowest BCUT2D eigenvalue weighted by Gasteiger charge is -2.27. The molecule has 0 aliphatic heterocycles. The number of methoxy groups -OCH3 is 1. The summed E-state index contributed by atoms with van der Waals surface area (Å²) >= 11 is 0. The van der Waals surface area contributed by atoms with Crippen molar-refractivity contribution >= 4 is 5.97 Å². The van der Waals surface area contributed by atoms with E-state index < -0.39 is 5.97 Å². The summed E-state index contributed by atoms with van der Waals surface area (Å²) in [6.45, 7) is 6.28. The maximum absolute atomic E-state index is 10.4. The largest absolute Gasteiger partial charge is 0.481 e. The summed E-state index contributed by atoms with van der Waals surface area (Å²) in [5.74, 6) is -0.740. The molecule has 4 heteroatoms. The molecule has 0 spiro atoms. The Balaban J connectivity index is 3.89. The van der Waals surface area contributed by atoms with E-state index in [9.17, 15) is 4.79 Å². The molecule has 4 nitrogen and oxygen atoms in total. The molecule has 14 heavy (non-hydrogen) atoms. The Hall–Kier alpha value is -0.610. The van der Waals surface area contributed by atoms with E-state index in [1.165, 1.54) is 0 Å². The van der Waals surface area contributed by atoms with Crippen LogP contribution in [0.15, 0.2) is 0 Å². The van der Waals surface area contributed by atoms with E-state index in [-0.39, 0.29) is 6.42 Å². The van der Waals surface area contributed by atoms with Crippen LogP contribution in [0.3, 0.4) is 0 Å². The van der Waals surface area contributed by atoms with Gasteiger partial charge in [-0.05, 0) is 13.3 Å². The van der Waals surface area contributed by atoms with Gasteiger partial charge in [0.15, 0.2) is 0 Å². The van der Waals surface area contributed by atoms with E-state index >= 15 is 0 Å². The van der Waals surface area contributed by atoms with Crippen LogP contribution in [0.25, 0.3) is 0 Å². The van der Waals surface area contributed by atoms with E-state index in [1.54, 1.807) is 7.11 Å². The summed E-state index contributed by atoms with van der Waals surface area (Å²) in [7, 11) is 1.66. The number of aliphatic carboxylic acids is 1. The van der Waals surface area contributed by atoms with Crippen molar-refractivity contribution in [1.29, 1.82) is 0 Å². The molecular weight excluding hydrogens is 182 g/mol. The minimum Gasteiger partial charge on any atom is -0.481 e. The highest BCUT2D eigenvalue weighted by Crippen LogP contribution is 2.04. The second-order valence-electron chi connectivity index (χ2n) is 3.43. The maximum Gasteiger partial charge on any atom is 0.304 e. The fourth-order valence-electron chi connectivity index (χ4n) is 1.26. The van der Waals surface area contributed by atoms with Gasteiger partial charge in [0.05, 0.1) is 13.0 Å². The van der Waals surface area contributed by atoms with Gasteiger partial charge < -0.3 is 9.84 Å². The Morgan fingerprint density at radius 1 is 1.50 bits per heavy atom. The molecule has 0 amide bonds. The van der Waals surface area contributed by atoms with Gasteiger partial charge in [-0.3, -0.25) is 9.69 Å². The number of rotatable bonds is 8. The third-order valence-electron chi connectivity index (χ3n) is 2.41. The van der Waals surface area contributed by atoms with Gasteiger partial charge in [-0.25, -0.2) is 0 Å². The van der Waals surface area contributed by atoms with Crippen LogP contribution >= 0.6 is 0 Å². The fourth-order valence-corrected chi connectivity index (χ4v) is 1.26. The summed E-state index contributed by atoms with van der Waals surface area (Å²) in [6, 6.07) is 0.421. The maximum atomic E-state index is 10.4. The van der Waals surface area contributed by atoms with Crippen molar-refractivity contribution in [1.82, 2.24) is 4.90 Å². The van der Waals surface area contributed by atoms with Crippen LogP contribution in [0, 0.1) is 0 Å². The zero-order valence-electron chi connectivity index (χ0n) is 9.32. The first-order valence-electron chi connectivity index (χ1n) is 5.06. The molecule has 0 aromatic rings. The van der Waals surface area contributed by atoms with Crippen molar-refractivity contribution in [2.75, 3.05) is 26.8 Å². The molecule has 0 aliphatic carbocycles. The van der Waals surface area contributed by atoms with Gasteiger partial charge >= 0.3 is 5.97 Å². The number of hydrogen-bond acceptors (Lipinski definition) is 3. The Morgan fingerprint density at radius 2 is 2.14 bits per heavy atom. The molecule has 0 saturated carbocycles. The lowest BCUT2D eigenvalue weighted by Crippen LogP contribution is -2.36. The highest BCUT2D eigenvalue weighted by atomic mass is 16.5.